The Morgan fingerprint density at radius 3 is 2.67 bits per heavy atom. The van der Waals surface area contributed by atoms with Crippen LogP contribution in [0.15, 0.2) is 0 Å². The zero-order chi connectivity index (χ0) is 11.3. The van der Waals surface area contributed by atoms with E-state index in [2.05, 4.69) is 22.5 Å². The lowest BCUT2D eigenvalue weighted by molar-refractivity contribution is -0.122. The molecule has 0 radical (unpaired) electrons. The highest BCUT2D eigenvalue weighted by Crippen LogP contribution is 2.25. The fourth-order valence-corrected chi connectivity index (χ4v) is 1.65. The molecule has 1 saturated carbocycles. The number of hydrogen-bond acceptors (Lipinski definition) is 3. The molecule has 0 bridgehead atoms. The topological polar surface area (TPSA) is 44.4 Å². The summed E-state index contributed by atoms with van der Waals surface area (Å²) in [4.78, 5) is 13.9. The molecule has 1 aliphatic rings. The Labute approximate surface area is 92.4 Å². The molecular formula is C11H23N3O. The van der Waals surface area contributed by atoms with E-state index in [0.717, 1.165) is 25.7 Å². The van der Waals surface area contributed by atoms with Crippen molar-refractivity contribution in [1.29, 1.82) is 0 Å². The maximum absolute atomic E-state index is 11.4. The minimum atomic E-state index is -0.0963. The van der Waals surface area contributed by atoms with Gasteiger partial charge in [0.25, 0.3) is 0 Å². The number of carbonyl (C=O) groups is 1. The van der Waals surface area contributed by atoms with Crippen LogP contribution in [0.25, 0.3) is 0 Å². The molecule has 1 atom stereocenters. The Hall–Kier alpha value is -0.610. The number of carbonyl (C=O) groups excluding carboxylic acids is 1. The number of likely N-dealkylation sites (N-methyl/N-ethyl adjacent to an activating group) is 2. The van der Waals surface area contributed by atoms with Crippen molar-refractivity contribution >= 4 is 5.91 Å². The average Bonchev–Trinajstić information content (AvgIpc) is 3.06. The van der Waals surface area contributed by atoms with Crippen molar-refractivity contribution in [2.75, 3.05) is 26.7 Å². The van der Waals surface area contributed by atoms with Crippen molar-refractivity contribution in [2.45, 2.75) is 38.8 Å². The molecular weight excluding hydrogens is 190 g/mol. The van der Waals surface area contributed by atoms with E-state index >= 15 is 0 Å². The summed E-state index contributed by atoms with van der Waals surface area (Å²) < 4.78 is 0. The van der Waals surface area contributed by atoms with Gasteiger partial charge in [-0.05, 0) is 33.4 Å². The largest absolute Gasteiger partial charge is 0.353 e. The van der Waals surface area contributed by atoms with Crippen LogP contribution in [0.5, 0.6) is 0 Å². The Morgan fingerprint density at radius 1 is 1.53 bits per heavy atom. The summed E-state index contributed by atoms with van der Waals surface area (Å²) in [6.07, 6.45) is 2.66. The van der Waals surface area contributed by atoms with Crippen LogP contribution in [-0.2, 0) is 4.79 Å². The molecule has 0 saturated heterocycles. The van der Waals surface area contributed by atoms with E-state index in [1.807, 2.05) is 6.92 Å². The highest BCUT2D eigenvalue weighted by atomic mass is 16.2. The first kappa shape index (κ1) is 12.5. The standard InChI is InChI=1S/C11H23N3O/c1-4-14(10-5-6-10)8-7-13-11(15)9(2)12-3/h9-10,12H,4-8H2,1-3H3,(H,13,15). The zero-order valence-corrected chi connectivity index (χ0v) is 10.0. The van der Waals surface area contributed by atoms with Crippen LogP contribution in [-0.4, -0.2) is 49.6 Å². The van der Waals surface area contributed by atoms with Gasteiger partial charge in [-0.3, -0.25) is 9.69 Å². The van der Waals surface area contributed by atoms with Crippen molar-refractivity contribution < 1.29 is 4.79 Å². The van der Waals surface area contributed by atoms with Crippen molar-refractivity contribution in [3.63, 3.8) is 0 Å². The maximum atomic E-state index is 11.4. The first-order chi connectivity index (χ1) is 7.19. The first-order valence-corrected chi connectivity index (χ1v) is 5.88. The van der Waals surface area contributed by atoms with Crippen LogP contribution in [0.3, 0.4) is 0 Å². The third-order valence-corrected chi connectivity index (χ3v) is 2.99. The summed E-state index contributed by atoms with van der Waals surface area (Å²) in [5, 5.41) is 5.86. The second-order valence-electron chi connectivity index (χ2n) is 4.16. The Balaban J connectivity index is 2.11. The van der Waals surface area contributed by atoms with Crippen LogP contribution < -0.4 is 10.6 Å². The second-order valence-corrected chi connectivity index (χ2v) is 4.16. The van der Waals surface area contributed by atoms with E-state index < -0.39 is 0 Å². The summed E-state index contributed by atoms with van der Waals surface area (Å²) >= 11 is 0. The van der Waals surface area contributed by atoms with Gasteiger partial charge in [-0.15, -0.1) is 0 Å². The fraction of sp³-hybridized carbons (Fsp3) is 0.909. The van der Waals surface area contributed by atoms with Gasteiger partial charge in [-0.2, -0.15) is 0 Å². The Bertz CT molecular complexity index is 204. The third-order valence-electron chi connectivity index (χ3n) is 2.99. The lowest BCUT2D eigenvalue weighted by atomic mass is 10.3. The number of nitrogens with zero attached hydrogens (tertiary/aromatic N) is 1. The number of nitrogens with one attached hydrogen (secondary N) is 2. The van der Waals surface area contributed by atoms with E-state index in [1.165, 1.54) is 12.8 Å². The van der Waals surface area contributed by atoms with E-state index in [0.29, 0.717) is 0 Å². The van der Waals surface area contributed by atoms with Crippen LogP contribution >= 0.6 is 0 Å². The predicted molar refractivity (Wildman–Crippen MR) is 61.8 cm³/mol. The van der Waals surface area contributed by atoms with E-state index in [1.54, 1.807) is 7.05 Å². The number of hydrogen-bond donors (Lipinski definition) is 2. The highest BCUT2D eigenvalue weighted by Gasteiger charge is 2.27. The Kier molecular flexibility index (Phi) is 5.05. The molecule has 1 fully saturated rings. The molecule has 4 nitrogen and oxygen atoms in total. The predicted octanol–water partition coefficient (Wildman–Crippen LogP) is 0.195. The lowest BCUT2D eigenvalue weighted by Crippen LogP contribution is -2.43. The van der Waals surface area contributed by atoms with Crippen molar-refractivity contribution in [2.24, 2.45) is 0 Å². The molecule has 0 heterocycles. The molecule has 1 rings (SSSR count). The molecule has 0 aromatic rings. The van der Waals surface area contributed by atoms with Gasteiger partial charge in [0, 0.05) is 19.1 Å². The highest BCUT2D eigenvalue weighted by molar-refractivity contribution is 5.81. The molecule has 1 unspecified atom stereocenters. The summed E-state index contributed by atoms with van der Waals surface area (Å²) in [7, 11) is 1.80. The molecule has 2 N–H and O–H groups in total. The van der Waals surface area contributed by atoms with E-state index in [-0.39, 0.29) is 11.9 Å². The van der Waals surface area contributed by atoms with Gasteiger partial charge >= 0.3 is 0 Å². The lowest BCUT2D eigenvalue weighted by Gasteiger charge is -2.20. The number of amides is 1. The Morgan fingerprint density at radius 2 is 2.20 bits per heavy atom. The van der Waals surface area contributed by atoms with Gasteiger partial charge in [0.05, 0.1) is 6.04 Å². The second kappa shape index (κ2) is 6.08. The van der Waals surface area contributed by atoms with E-state index in [4.69, 9.17) is 0 Å². The first-order valence-electron chi connectivity index (χ1n) is 5.88. The zero-order valence-electron chi connectivity index (χ0n) is 10.0. The fourth-order valence-electron chi connectivity index (χ4n) is 1.65. The molecule has 1 amide bonds. The van der Waals surface area contributed by atoms with Gasteiger partial charge in [-0.1, -0.05) is 6.92 Å². The van der Waals surface area contributed by atoms with Crippen molar-refractivity contribution in [3.8, 4) is 0 Å². The average molecular weight is 213 g/mol. The van der Waals surface area contributed by atoms with Gasteiger partial charge in [0.2, 0.25) is 5.91 Å². The minimum absolute atomic E-state index is 0.0874. The number of rotatable bonds is 7. The minimum Gasteiger partial charge on any atom is -0.353 e. The molecule has 0 aromatic carbocycles. The van der Waals surface area contributed by atoms with Gasteiger partial charge < -0.3 is 10.6 Å². The molecule has 0 spiro atoms. The summed E-state index contributed by atoms with van der Waals surface area (Å²) in [5.41, 5.74) is 0. The summed E-state index contributed by atoms with van der Waals surface area (Å²) in [5.74, 6) is 0.0874. The van der Waals surface area contributed by atoms with Crippen LogP contribution in [0.1, 0.15) is 26.7 Å². The molecule has 0 aliphatic heterocycles. The van der Waals surface area contributed by atoms with Gasteiger partial charge in [0.1, 0.15) is 0 Å². The van der Waals surface area contributed by atoms with Gasteiger partial charge in [-0.25, -0.2) is 0 Å². The maximum Gasteiger partial charge on any atom is 0.236 e. The SMILES string of the molecule is CCN(CCNC(=O)C(C)NC)C1CC1. The molecule has 15 heavy (non-hydrogen) atoms. The molecule has 88 valence electrons. The normalized spacial score (nSPS) is 17.9. The van der Waals surface area contributed by atoms with Gasteiger partial charge in [0.15, 0.2) is 0 Å². The van der Waals surface area contributed by atoms with Crippen LogP contribution in [0, 0.1) is 0 Å². The molecule has 4 heteroatoms. The summed E-state index contributed by atoms with van der Waals surface area (Å²) in [6.45, 7) is 6.87. The van der Waals surface area contributed by atoms with Crippen molar-refractivity contribution in [1.82, 2.24) is 15.5 Å². The smallest absolute Gasteiger partial charge is 0.236 e. The third kappa shape index (κ3) is 4.18. The van der Waals surface area contributed by atoms with Crippen LogP contribution in [0.4, 0.5) is 0 Å². The van der Waals surface area contributed by atoms with Crippen LogP contribution in [0.2, 0.25) is 0 Å². The quantitative estimate of drug-likeness (QED) is 0.635. The van der Waals surface area contributed by atoms with Crippen molar-refractivity contribution in [3.05, 3.63) is 0 Å². The van der Waals surface area contributed by atoms with E-state index in [9.17, 15) is 4.79 Å². The monoisotopic (exact) mass is 213 g/mol. The molecule has 0 aromatic heterocycles. The summed E-state index contributed by atoms with van der Waals surface area (Å²) in [6, 6.07) is 0.689. The molecule has 1 aliphatic carbocycles.